The van der Waals surface area contributed by atoms with Crippen molar-refractivity contribution in [3.63, 3.8) is 0 Å². The summed E-state index contributed by atoms with van der Waals surface area (Å²) < 4.78 is 13.1. The maximum atomic E-state index is 13.1. The molecule has 0 radical (unpaired) electrons. The Balaban J connectivity index is 1.67. The highest BCUT2D eigenvalue weighted by molar-refractivity contribution is 7.21. The Bertz CT molecular complexity index is 1200. The van der Waals surface area contributed by atoms with Crippen LogP contribution in [0.3, 0.4) is 0 Å². The number of nitrogens with zero attached hydrogens (tertiary/aromatic N) is 1. The van der Waals surface area contributed by atoms with Crippen molar-refractivity contribution in [3.8, 4) is 11.3 Å². The van der Waals surface area contributed by atoms with Gasteiger partial charge in [-0.15, -0.1) is 11.3 Å². The van der Waals surface area contributed by atoms with Gasteiger partial charge in [-0.05, 0) is 73.5 Å². The average molecular weight is 391 g/mol. The molecule has 0 saturated heterocycles. The maximum absolute atomic E-state index is 13.1. The average Bonchev–Trinajstić information content (AvgIpc) is 3.01. The first-order valence-electron chi connectivity index (χ1n) is 8.76. The first kappa shape index (κ1) is 18.1. The summed E-state index contributed by atoms with van der Waals surface area (Å²) in [5, 5.41) is 3.64. The van der Waals surface area contributed by atoms with Gasteiger partial charge in [-0.25, -0.2) is 9.37 Å². The van der Waals surface area contributed by atoms with Gasteiger partial charge < -0.3 is 11.1 Å². The third-order valence-electron chi connectivity index (χ3n) is 4.70. The fraction of sp³-hybridized carbons (Fsp3) is 0.0909. The summed E-state index contributed by atoms with van der Waals surface area (Å²) in [7, 11) is 0. The Morgan fingerprint density at radius 3 is 2.50 bits per heavy atom. The van der Waals surface area contributed by atoms with Crippen molar-refractivity contribution in [2.45, 2.75) is 13.8 Å². The van der Waals surface area contributed by atoms with E-state index in [-0.39, 0.29) is 11.7 Å². The van der Waals surface area contributed by atoms with E-state index >= 15 is 0 Å². The number of carbonyl (C=O) groups is 1. The molecule has 0 aliphatic heterocycles. The van der Waals surface area contributed by atoms with Crippen LogP contribution in [0.5, 0.6) is 0 Å². The van der Waals surface area contributed by atoms with Gasteiger partial charge in [0.1, 0.15) is 15.5 Å². The monoisotopic (exact) mass is 391 g/mol. The lowest BCUT2D eigenvalue weighted by Crippen LogP contribution is -2.12. The van der Waals surface area contributed by atoms with E-state index < -0.39 is 0 Å². The molecule has 0 unspecified atom stereocenters. The second-order valence-corrected chi connectivity index (χ2v) is 7.65. The SMILES string of the molecule is Cc1ccc(NC(=O)c2sc3nc(-c4ccc(F)cc4)ccc3c2N)cc1C. The van der Waals surface area contributed by atoms with Crippen molar-refractivity contribution in [2.75, 3.05) is 11.1 Å². The number of halogens is 1. The van der Waals surface area contributed by atoms with Crippen LogP contribution in [0.2, 0.25) is 0 Å². The number of nitrogens with two attached hydrogens (primary N) is 1. The van der Waals surface area contributed by atoms with Crippen LogP contribution in [0.1, 0.15) is 20.8 Å². The molecule has 28 heavy (non-hydrogen) atoms. The Hall–Kier alpha value is -3.25. The molecule has 0 fully saturated rings. The van der Waals surface area contributed by atoms with Gasteiger partial charge in [0.15, 0.2) is 0 Å². The first-order chi connectivity index (χ1) is 13.4. The third kappa shape index (κ3) is 3.34. The van der Waals surface area contributed by atoms with Crippen LogP contribution in [-0.2, 0) is 0 Å². The molecule has 2 aromatic heterocycles. The predicted octanol–water partition coefficient (Wildman–Crippen LogP) is 5.55. The molecule has 0 aliphatic carbocycles. The van der Waals surface area contributed by atoms with Crippen LogP contribution in [-0.4, -0.2) is 10.9 Å². The number of hydrogen-bond donors (Lipinski definition) is 2. The largest absolute Gasteiger partial charge is 0.397 e. The Morgan fingerprint density at radius 1 is 1.04 bits per heavy atom. The first-order valence-corrected chi connectivity index (χ1v) is 9.57. The number of carbonyl (C=O) groups excluding carboxylic acids is 1. The van der Waals surface area contributed by atoms with Gasteiger partial charge in [0.2, 0.25) is 0 Å². The molecule has 3 N–H and O–H groups in total. The normalized spacial score (nSPS) is 11.0. The lowest BCUT2D eigenvalue weighted by molar-refractivity contribution is 0.103. The Kier molecular flexibility index (Phi) is 4.57. The van der Waals surface area contributed by atoms with Gasteiger partial charge in [0.25, 0.3) is 5.91 Å². The second-order valence-electron chi connectivity index (χ2n) is 6.65. The molecule has 0 bridgehead atoms. The molecule has 2 heterocycles. The van der Waals surface area contributed by atoms with Gasteiger partial charge in [-0.2, -0.15) is 0 Å². The standard InChI is InChI=1S/C22H18FN3OS/c1-12-3-8-16(11-13(12)2)25-21(27)20-19(24)17-9-10-18(26-22(17)28-20)14-4-6-15(23)7-5-14/h3-11H,24H2,1-2H3,(H,25,27). The molecule has 0 spiro atoms. The van der Waals surface area contributed by atoms with Crippen LogP contribution in [0, 0.1) is 19.7 Å². The lowest BCUT2D eigenvalue weighted by atomic mass is 10.1. The number of nitrogens with one attached hydrogen (secondary N) is 1. The predicted molar refractivity (Wildman–Crippen MR) is 113 cm³/mol. The minimum atomic E-state index is -0.296. The number of anilines is 2. The van der Waals surface area contributed by atoms with E-state index in [4.69, 9.17) is 5.73 Å². The number of nitrogen functional groups attached to an aromatic ring is 1. The van der Waals surface area contributed by atoms with Crippen LogP contribution in [0.15, 0.2) is 54.6 Å². The van der Waals surface area contributed by atoms with Crippen molar-refractivity contribution in [1.29, 1.82) is 0 Å². The molecule has 0 atom stereocenters. The number of fused-ring (bicyclic) bond motifs is 1. The summed E-state index contributed by atoms with van der Waals surface area (Å²) in [5.74, 6) is -0.553. The number of amides is 1. The number of aryl methyl sites for hydroxylation is 2. The highest BCUT2D eigenvalue weighted by atomic mass is 32.1. The van der Waals surface area contributed by atoms with Crippen LogP contribution < -0.4 is 11.1 Å². The number of aromatic nitrogens is 1. The minimum absolute atomic E-state index is 0.257. The topological polar surface area (TPSA) is 68.0 Å². The smallest absolute Gasteiger partial charge is 0.267 e. The minimum Gasteiger partial charge on any atom is -0.397 e. The van der Waals surface area contributed by atoms with Crippen molar-refractivity contribution in [2.24, 2.45) is 0 Å². The lowest BCUT2D eigenvalue weighted by Gasteiger charge is -2.07. The molecule has 140 valence electrons. The molecule has 0 saturated carbocycles. The summed E-state index contributed by atoms with van der Waals surface area (Å²) >= 11 is 1.25. The number of hydrogen-bond acceptors (Lipinski definition) is 4. The molecular formula is C22H18FN3OS. The van der Waals surface area contributed by atoms with E-state index in [2.05, 4.69) is 10.3 Å². The molecular weight excluding hydrogens is 373 g/mol. The van der Waals surface area contributed by atoms with E-state index in [9.17, 15) is 9.18 Å². The molecule has 4 aromatic rings. The number of benzene rings is 2. The fourth-order valence-electron chi connectivity index (χ4n) is 2.95. The van der Waals surface area contributed by atoms with E-state index in [0.29, 0.717) is 21.1 Å². The fourth-order valence-corrected chi connectivity index (χ4v) is 3.94. The van der Waals surface area contributed by atoms with Crippen molar-refractivity contribution >= 4 is 38.8 Å². The summed E-state index contributed by atoms with van der Waals surface area (Å²) in [6.07, 6.45) is 0. The van der Waals surface area contributed by atoms with Gasteiger partial charge in [0.05, 0.1) is 11.4 Å². The zero-order valence-electron chi connectivity index (χ0n) is 15.4. The zero-order chi connectivity index (χ0) is 19.8. The molecule has 0 aliphatic rings. The van der Waals surface area contributed by atoms with Crippen molar-refractivity contribution in [1.82, 2.24) is 4.98 Å². The molecule has 4 rings (SSSR count). The zero-order valence-corrected chi connectivity index (χ0v) is 16.2. The van der Waals surface area contributed by atoms with Crippen LogP contribution in [0.25, 0.3) is 21.5 Å². The van der Waals surface area contributed by atoms with Crippen LogP contribution >= 0.6 is 11.3 Å². The van der Waals surface area contributed by atoms with Gasteiger partial charge >= 0.3 is 0 Å². The number of rotatable bonds is 3. The van der Waals surface area contributed by atoms with Crippen molar-refractivity contribution in [3.05, 3.63) is 76.4 Å². The van der Waals surface area contributed by atoms with Gasteiger partial charge in [-0.3, -0.25) is 4.79 Å². The highest BCUT2D eigenvalue weighted by Gasteiger charge is 2.18. The van der Waals surface area contributed by atoms with Crippen molar-refractivity contribution < 1.29 is 9.18 Å². The van der Waals surface area contributed by atoms with Gasteiger partial charge in [0, 0.05) is 16.6 Å². The summed E-state index contributed by atoms with van der Waals surface area (Å²) in [5.41, 5.74) is 11.1. The van der Waals surface area contributed by atoms with Crippen LogP contribution in [0.4, 0.5) is 15.8 Å². The maximum Gasteiger partial charge on any atom is 0.267 e. The van der Waals surface area contributed by atoms with Gasteiger partial charge in [-0.1, -0.05) is 6.07 Å². The summed E-state index contributed by atoms with van der Waals surface area (Å²) in [4.78, 5) is 18.4. The Labute approximate surface area is 165 Å². The van der Waals surface area contributed by atoms with E-state index in [1.165, 1.54) is 23.5 Å². The summed E-state index contributed by atoms with van der Waals surface area (Å²) in [6.45, 7) is 4.02. The summed E-state index contributed by atoms with van der Waals surface area (Å²) in [6, 6.07) is 15.6. The second kappa shape index (κ2) is 7.05. The molecule has 6 heteroatoms. The number of thiophene rings is 1. The third-order valence-corrected chi connectivity index (χ3v) is 5.82. The van der Waals surface area contributed by atoms with E-state index in [0.717, 1.165) is 27.8 Å². The Morgan fingerprint density at radius 2 is 1.79 bits per heavy atom. The molecule has 1 amide bonds. The molecule has 2 aromatic carbocycles. The quantitative estimate of drug-likeness (QED) is 0.481. The van der Waals surface area contributed by atoms with E-state index in [1.54, 1.807) is 12.1 Å². The number of pyridine rings is 1. The highest BCUT2D eigenvalue weighted by Crippen LogP contribution is 2.34. The molecule has 4 nitrogen and oxygen atoms in total. The van der Waals surface area contributed by atoms with E-state index in [1.807, 2.05) is 44.2 Å².